The summed E-state index contributed by atoms with van der Waals surface area (Å²) in [5, 5.41) is 1.98. The highest BCUT2D eigenvalue weighted by Crippen LogP contribution is 2.43. The molecule has 1 saturated carbocycles. The normalized spacial score (nSPS) is 21.1. The van der Waals surface area contributed by atoms with E-state index in [0.29, 0.717) is 32.1 Å². The summed E-state index contributed by atoms with van der Waals surface area (Å²) in [6.07, 6.45) is 3.58. The van der Waals surface area contributed by atoms with Crippen molar-refractivity contribution in [1.82, 2.24) is 9.21 Å². The van der Waals surface area contributed by atoms with Gasteiger partial charge in [0, 0.05) is 26.2 Å². The quantitative estimate of drug-likeness (QED) is 0.846. The summed E-state index contributed by atoms with van der Waals surface area (Å²) < 4.78 is 24.4. The summed E-state index contributed by atoms with van der Waals surface area (Å²) in [7, 11) is -3.14. The Balaban J connectivity index is 1.69. The van der Waals surface area contributed by atoms with Gasteiger partial charge in [-0.15, -0.1) is 11.3 Å². The van der Waals surface area contributed by atoms with Crippen molar-refractivity contribution in [3.05, 3.63) is 21.9 Å². The van der Waals surface area contributed by atoms with Gasteiger partial charge in [0.25, 0.3) is 5.91 Å². The minimum Gasteiger partial charge on any atom is -0.335 e. The molecule has 2 fully saturated rings. The molecule has 2 heterocycles. The largest absolute Gasteiger partial charge is 0.335 e. The maximum absolute atomic E-state index is 12.5. The van der Waals surface area contributed by atoms with E-state index in [9.17, 15) is 13.2 Å². The molecule has 0 radical (unpaired) electrons. The molecule has 1 amide bonds. The molecule has 5 nitrogen and oxygen atoms in total. The molecule has 1 saturated heterocycles. The zero-order chi connectivity index (χ0) is 14.3. The standard InChI is InChI=1S/C13H18N2O3S2/c1-20(17,18)15-7-5-14(6-8-15)13(16)12-11(4-9-19-12)10-2-3-10/h4,9-10H,2-3,5-8H2,1H3. The van der Waals surface area contributed by atoms with E-state index in [-0.39, 0.29) is 5.91 Å². The van der Waals surface area contributed by atoms with Crippen molar-refractivity contribution in [2.24, 2.45) is 0 Å². The van der Waals surface area contributed by atoms with E-state index in [1.165, 1.54) is 40.3 Å². The number of piperazine rings is 1. The highest BCUT2D eigenvalue weighted by Gasteiger charge is 2.32. The third-order valence-corrected chi connectivity index (χ3v) is 6.12. The van der Waals surface area contributed by atoms with Crippen LogP contribution in [0.15, 0.2) is 11.4 Å². The zero-order valence-corrected chi connectivity index (χ0v) is 13.0. The molecule has 3 rings (SSSR count). The minimum atomic E-state index is -3.14. The number of carbonyl (C=O) groups excluding carboxylic acids is 1. The number of thiophene rings is 1. The molecule has 0 aromatic carbocycles. The number of carbonyl (C=O) groups is 1. The first-order chi connectivity index (χ1) is 9.47. The number of sulfonamides is 1. The van der Waals surface area contributed by atoms with Gasteiger partial charge in [-0.05, 0) is 35.8 Å². The molecule has 7 heteroatoms. The molecule has 0 bridgehead atoms. The smallest absolute Gasteiger partial charge is 0.264 e. The van der Waals surface area contributed by atoms with Crippen molar-refractivity contribution < 1.29 is 13.2 Å². The van der Waals surface area contributed by atoms with Gasteiger partial charge in [-0.25, -0.2) is 8.42 Å². The van der Waals surface area contributed by atoms with E-state index < -0.39 is 10.0 Å². The van der Waals surface area contributed by atoms with Gasteiger partial charge < -0.3 is 4.90 Å². The van der Waals surface area contributed by atoms with Crippen LogP contribution in [0.3, 0.4) is 0 Å². The van der Waals surface area contributed by atoms with Crippen LogP contribution >= 0.6 is 11.3 Å². The molecule has 0 N–H and O–H groups in total. The maximum atomic E-state index is 12.5. The number of hydrogen-bond acceptors (Lipinski definition) is 4. The highest BCUT2D eigenvalue weighted by atomic mass is 32.2. The maximum Gasteiger partial charge on any atom is 0.264 e. The van der Waals surface area contributed by atoms with Crippen LogP contribution in [0.4, 0.5) is 0 Å². The Labute approximate surface area is 123 Å². The second kappa shape index (κ2) is 5.13. The van der Waals surface area contributed by atoms with Crippen LogP contribution < -0.4 is 0 Å². The van der Waals surface area contributed by atoms with E-state index in [1.54, 1.807) is 4.90 Å². The third kappa shape index (κ3) is 2.75. The second-order valence-corrected chi connectivity index (χ2v) is 8.33. The topological polar surface area (TPSA) is 57.7 Å². The van der Waals surface area contributed by atoms with Gasteiger partial charge in [-0.1, -0.05) is 0 Å². The van der Waals surface area contributed by atoms with Crippen molar-refractivity contribution in [3.8, 4) is 0 Å². The van der Waals surface area contributed by atoms with Crippen molar-refractivity contribution >= 4 is 27.3 Å². The van der Waals surface area contributed by atoms with Crippen LogP contribution in [-0.4, -0.2) is 56.0 Å². The molecule has 0 unspecified atom stereocenters. The molecule has 1 aromatic rings. The average molecular weight is 314 g/mol. The van der Waals surface area contributed by atoms with Gasteiger partial charge in [-0.2, -0.15) is 4.31 Å². The Morgan fingerprint density at radius 2 is 1.90 bits per heavy atom. The SMILES string of the molecule is CS(=O)(=O)N1CCN(C(=O)c2sccc2C2CC2)CC1. The molecule has 1 aromatic heterocycles. The summed E-state index contributed by atoms with van der Waals surface area (Å²) in [5.74, 6) is 0.632. The monoisotopic (exact) mass is 314 g/mol. The fourth-order valence-electron chi connectivity index (χ4n) is 2.58. The number of hydrogen-bond donors (Lipinski definition) is 0. The minimum absolute atomic E-state index is 0.0649. The molecule has 1 aliphatic heterocycles. The molecule has 0 spiro atoms. The summed E-state index contributed by atoms with van der Waals surface area (Å²) in [6.45, 7) is 1.76. The van der Waals surface area contributed by atoms with Crippen LogP contribution in [0.25, 0.3) is 0 Å². The molecule has 1 aliphatic carbocycles. The zero-order valence-electron chi connectivity index (χ0n) is 11.4. The van der Waals surface area contributed by atoms with Crippen LogP contribution in [0.1, 0.15) is 34.0 Å². The summed E-state index contributed by atoms with van der Waals surface area (Å²) in [4.78, 5) is 15.2. The lowest BCUT2D eigenvalue weighted by Gasteiger charge is -2.33. The first kappa shape index (κ1) is 14.0. The Morgan fingerprint density at radius 1 is 1.25 bits per heavy atom. The van der Waals surface area contributed by atoms with Gasteiger partial charge in [0.1, 0.15) is 0 Å². The highest BCUT2D eigenvalue weighted by molar-refractivity contribution is 7.88. The lowest BCUT2D eigenvalue weighted by atomic mass is 10.1. The fraction of sp³-hybridized carbons (Fsp3) is 0.615. The number of nitrogens with zero attached hydrogens (tertiary/aromatic N) is 2. The van der Waals surface area contributed by atoms with Crippen molar-refractivity contribution in [3.63, 3.8) is 0 Å². The molecule has 0 atom stereocenters. The predicted octanol–water partition coefficient (Wildman–Crippen LogP) is 1.34. The number of rotatable bonds is 3. The Hall–Kier alpha value is -0.920. The van der Waals surface area contributed by atoms with E-state index in [1.807, 2.05) is 5.38 Å². The van der Waals surface area contributed by atoms with Gasteiger partial charge in [0.05, 0.1) is 11.1 Å². The van der Waals surface area contributed by atoms with Gasteiger partial charge >= 0.3 is 0 Å². The van der Waals surface area contributed by atoms with Crippen LogP contribution in [0.2, 0.25) is 0 Å². The molecular formula is C13H18N2O3S2. The van der Waals surface area contributed by atoms with Crippen LogP contribution in [0, 0.1) is 0 Å². The van der Waals surface area contributed by atoms with Crippen LogP contribution in [0.5, 0.6) is 0 Å². The van der Waals surface area contributed by atoms with E-state index >= 15 is 0 Å². The van der Waals surface area contributed by atoms with Gasteiger partial charge in [-0.3, -0.25) is 4.79 Å². The van der Waals surface area contributed by atoms with Crippen molar-refractivity contribution in [2.45, 2.75) is 18.8 Å². The Bertz CT molecular complexity index is 611. The molecule has 2 aliphatic rings. The van der Waals surface area contributed by atoms with E-state index in [0.717, 1.165) is 4.88 Å². The first-order valence-corrected chi connectivity index (χ1v) is 9.51. The first-order valence-electron chi connectivity index (χ1n) is 6.78. The van der Waals surface area contributed by atoms with E-state index in [2.05, 4.69) is 6.07 Å². The molecule has 20 heavy (non-hydrogen) atoms. The molecule has 110 valence electrons. The number of amides is 1. The third-order valence-electron chi connectivity index (χ3n) is 3.90. The summed E-state index contributed by atoms with van der Waals surface area (Å²) >= 11 is 1.50. The Kier molecular flexibility index (Phi) is 3.60. The summed E-state index contributed by atoms with van der Waals surface area (Å²) in [5.41, 5.74) is 1.19. The molecular weight excluding hydrogens is 296 g/mol. The van der Waals surface area contributed by atoms with E-state index in [4.69, 9.17) is 0 Å². The Morgan fingerprint density at radius 3 is 2.45 bits per heavy atom. The fourth-order valence-corrected chi connectivity index (χ4v) is 4.35. The van der Waals surface area contributed by atoms with Gasteiger partial charge in [0.15, 0.2) is 0 Å². The lowest BCUT2D eigenvalue weighted by Crippen LogP contribution is -2.50. The van der Waals surface area contributed by atoms with Gasteiger partial charge in [0.2, 0.25) is 10.0 Å². The van der Waals surface area contributed by atoms with Crippen molar-refractivity contribution in [1.29, 1.82) is 0 Å². The lowest BCUT2D eigenvalue weighted by molar-refractivity contribution is 0.0702. The average Bonchev–Trinajstić information content (AvgIpc) is 3.15. The van der Waals surface area contributed by atoms with Crippen molar-refractivity contribution in [2.75, 3.05) is 32.4 Å². The van der Waals surface area contributed by atoms with Crippen LogP contribution in [-0.2, 0) is 10.0 Å². The predicted molar refractivity (Wildman–Crippen MR) is 78.6 cm³/mol. The second-order valence-electron chi connectivity index (χ2n) is 5.43. The summed E-state index contributed by atoms with van der Waals surface area (Å²) in [6, 6.07) is 2.06.